The normalized spacial score (nSPS) is 9.90. The van der Waals surface area contributed by atoms with Gasteiger partial charge in [0.2, 0.25) is 5.91 Å². The molecule has 0 aliphatic heterocycles. The van der Waals surface area contributed by atoms with Crippen molar-refractivity contribution < 1.29 is 24.2 Å². The van der Waals surface area contributed by atoms with Crippen LogP contribution in [0.2, 0.25) is 0 Å². The Labute approximate surface area is 116 Å². The minimum atomic E-state index is -1.02. The van der Waals surface area contributed by atoms with Crippen molar-refractivity contribution in [1.29, 1.82) is 0 Å². The molecule has 1 rings (SSSR count). The van der Waals surface area contributed by atoms with Gasteiger partial charge in [0.1, 0.15) is 0 Å². The van der Waals surface area contributed by atoms with E-state index in [1.807, 2.05) is 0 Å². The molecule has 1 aromatic carbocycles. The lowest BCUT2D eigenvalue weighted by atomic mass is 10.1. The number of hydrogen-bond acceptors (Lipinski definition) is 4. The molecule has 0 saturated carbocycles. The van der Waals surface area contributed by atoms with Gasteiger partial charge in [0.05, 0.1) is 18.6 Å². The van der Waals surface area contributed by atoms with Crippen LogP contribution in [0.4, 0.5) is 5.69 Å². The molecule has 0 fully saturated rings. The third-order valence-electron chi connectivity index (χ3n) is 2.58. The number of aliphatic carboxylic acids is 1. The number of aryl methyl sites for hydroxylation is 1. The first-order valence-electron chi connectivity index (χ1n) is 6.23. The van der Waals surface area contributed by atoms with Gasteiger partial charge in [0.15, 0.2) is 0 Å². The molecule has 2 N–H and O–H groups in total. The molecule has 0 heterocycles. The van der Waals surface area contributed by atoms with E-state index in [9.17, 15) is 14.4 Å². The van der Waals surface area contributed by atoms with Crippen LogP contribution >= 0.6 is 0 Å². The van der Waals surface area contributed by atoms with Gasteiger partial charge in [-0.2, -0.15) is 0 Å². The van der Waals surface area contributed by atoms with Crippen molar-refractivity contribution >= 4 is 23.5 Å². The molecule has 1 amide bonds. The summed E-state index contributed by atoms with van der Waals surface area (Å²) in [6, 6.07) is 4.77. The second-order valence-electron chi connectivity index (χ2n) is 4.19. The second-order valence-corrected chi connectivity index (χ2v) is 4.19. The highest BCUT2D eigenvalue weighted by Crippen LogP contribution is 2.17. The van der Waals surface area contributed by atoms with Crippen molar-refractivity contribution in [2.24, 2.45) is 0 Å². The molecule has 6 heteroatoms. The first-order chi connectivity index (χ1) is 9.43. The second kappa shape index (κ2) is 7.28. The van der Waals surface area contributed by atoms with Gasteiger partial charge in [-0.05, 0) is 37.6 Å². The smallest absolute Gasteiger partial charge is 0.338 e. The van der Waals surface area contributed by atoms with Crippen molar-refractivity contribution in [2.45, 2.75) is 26.7 Å². The van der Waals surface area contributed by atoms with E-state index in [0.717, 1.165) is 0 Å². The van der Waals surface area contributed by atoms with Gasteiger partial charge in [-0.1, -0.05) is 0 Å². The molecular formula is C14H17NO5. The standard InChI is InChI=1S/C14H17NO5/c1-3-20-14(19)10-4-5-11(9(2)8-10)15-12(16)6-7-13(17)18/h4-5,8H,3,6-7H2,1-2H3,(H,15,16)(H,17,18). The van der Waals surface area contributed by atoms with Gasteiger partial charge >= 0.3 is 11.9 Å². The number of esters is 1. The molecule has 0 atom stereocenters. The lowest BCUT2D eigenvalue weighted by Gasteiger charge is -2.09. The van der Waals surface area contributed by atoms with E-state index in [-0.39, 0.29) is 18.7 Å². The number of rotatable bonds is 6. The van der Waals surface area contributed by atoms with E-state index >= 15 is 0 Å². The highest BCUT2D eigenvalue weighted by molar-refractivity contribution is 5.95. The number of amides is 1. The molecule has 20 heavy (non-hydrogen) atoms. The van der Waals surface area contributed by atoms with Gasteiger partial charge in [-0.25, -0.2) is 4.79 Å². The van der Waals surface area contributed by atoms with Crippen LogP contribution in [0, 0.1) is 6.92 Å². The fourth-order valence-corrected chi connectivity index (χ4v) is 1.58. The maximum Gasteiger partial charge on any atom is 0.338 e. The van der Waals surface area contributed by atoms with E-state index in [4.69, 9.17) is 9.84 Å². The van der Waals surface area contributed by atoms with E-state index in [1.54, 1.807) is 32.0 Å². The minimum Gasteiger partial charge on any atom is -0.481 e. The molecule has 0 unspecified atom stereocenters. The number of carbonyl (C=O) groups excluding carboxylic acids is 2. The van der Waals surface area contributed by atoms with Crippen LogP contribution in [0.15, 0.2) is 18.2 Å². The molecule has 1 aromatic rings. The van der Waals surface area contributed by atoms with Crippen LogP contribution in [0.5, 0.6) is 0 Å². The van der Waals surface area contributed by atoms with Gasteiger partial charge in [-0.15, -0.1) is 0 Å². The van der Waals surface area contributed by atoms with E-state index in [2.05, 4.69) is 5.32 Å². The predicted molar refractivity (Wildman–Crippen MR) is 72.6 cm³/mol. The van der Waals surface area contributed by atoms with Gasteiger partial charge < -0.3 is 15.2 Å². The molecule has 6 nitrogen and oxygen atoms in total. The monoisotopic (exact) mass is 279 g/mol. The largest absolute Gasteiger partial charge is 0.481 e. The highest BCUT2D eigenvalue weighted by atomic mass is 16.5. The Hall–Kier alpha value is -2.37. The number of benzene rings is 1. The zero-order valence-electron chi connectivity index (χ0n) is 11.4. The van der Waals surface area contributed by atoms with E-state index in [0.29, 0.717) is 23.4 Å². The van der Waals surface area contributed by atoms with Crippen LogP contribution in [0.25, 0.3) is 0 Å². The number of hydrogen-bond donors (Lipinski definition) is 2. The molecule has 0 saturated heterocycles. The molecule has 0 spiro atoms. The average molecular weight is 279 g/mol. The van der Waals surface area contributed by atoms with Crippen LogP contribution < -0.4 is 5.32 Å². The summed E-state index contributed by atoms with van der Waals surface area (Å²) in [7, 11) is 0. The van der Waals surface area contributed by atoms with Crippen molar-refractivity contribution in [3.8, 4) is 0 Å². The SMILES string of the molecule is CCOC(=O)c1ccc(NC(=O)CCC(=O)O)c(C)c1. The molecule has 0 aromatic heterocycles. The number of carbonyl (C=O) groups is 3. The lowest BCUT2D eigenvalue weighted by Crippen LogP contribution is -2.14. The van der Waals surface area contributed by atoms with Crippen LogP contribution in [-0.2, 0) is 14.3 Å². The zero-order chi connectivity index (χ0) is 15.1. The van der Waals surface area contributed by atoms with Crippen LogP contribution in [0.1, 0.15) is 35.7 Å². The Morgan fingerprint density at radius 3 is 2.50 bits per heavy atom. The summed E-state index contributed by atoms with van der Waals surface area (Å²) in [5.74, 6) is -1.81. The van der Waals surface area contributed by atoms with Gasteiger partial charge in [0, 0.05) is 12.1 Å². The third-order valence-corrected chi connectivity index (χ3v) is 2.58. The fourth-order valence-electron chi connectivity index (χ4n) is 1.58. The summed E-state index contributed by atoms with van der Waals surface area (Å²) in [4.78, 5) is 33.4. The Morgan fingerprint density at radius 1 is 1.25 bits per heavy atom. The van der Waals surface area contributed by atoms with E-state index in [1.165, 1.54) is 0 Å². The first-order valence-corrected chi connectivity index (χ1v) is 6.23. The summed E-state index contributed by atoms with van der Waals surface area (Å²) in [5, 5.41) is 11.1. The van der Waals surface area contributed by atoms with Gasteiger partial charge in [0.25, 0.3) is 0 Å². The third kappa shape index (κ3) is 4.72. The molecule has 0 aliphatic rings. The molecule has 108 valence electrons. The number of carboxylic acid groups (broad SMARTS) is 1. The number of anilines is 1. The first kappa shape index (κ1) is 15.7. The van der Waals surface area contributed by atoms with Crippen molar-refractivity contribution in [1.82, 2.24) is 0 Å². The minimum absolute atomic E-state index is 0.0889. The topological polar surface area (TPSA) is 92.7 Å². The maximum atomic E-state index is 11.5. The quantitative estimate of drug-likeness (QED) is 0.777. The Bertz CT molecular complexity index is 524. The van der Waals surface area contributed by atoms with Crippen LogP contribution in [-0.4, -0.2) is 29.6 Å². The fraction of sp³-hybridized carbons (Fsp3) is 0.357. The average Bonchev–Trinajstić information content (AvgIpc) is 2.39. The zero-order valence-corrected chi connectivity index (χ0v) is 11.4. The Kier molecular flexibility index (Phi) is 5.71. The number of carboxylic acids is 1. The summed E-state index contributed by atoms with van der Waals surface area (Å²) in [6.45, 7) is 3.77. The predicted octanol–water partition coefficient (Wildman–Crippen LogP) is 1.98. The van der Waals surface area contributed by atoms with E-state index < -0.39 is 11.9 Å². The Balaban J connectivity index is 2.71. The molecule has 0 aliphatic carbocycles. The highest BCUT2D eigenvalue weighted by Gasteiger charge is 2.11. The van der Waals surface area contributed by atoms with Gasteiger partial charge in [-0.3, -0.25) is 9.59 Å². The number of nitrogens with one attached hydrogen (secondary N) is 1. The lowest BCUT2D eigenvalue weighted by molar-refractivity contribution is -0.138. The summed E-state index contributed by atoms with van der Waals surface area (Å²) in [5.41, 5.74) is 1.67. The van der Waals surface area contributed by atoms with Crippen LogP contribution in [0.3, 0.4) is 0 Å². The number of ether oxygens (including phenoxy) is 1. The van der Waals surface area contributed by atoms with Crippen molar-refractivity contribution in [3.05, 3.63) is 29.3 Å². The Morgan fingerprint density at radius 2 is 1.95 bits per heavy atom. The molecular weight excluding hydrogens is 262 g/mol. The summed E-state index contributed by atoms with van der Waals surface area (Å²) >= 11 is 0. The summed E-state index contributed by atoms with van der Waals surface area (Å²) < 4.78 is 4.88. The summed E-state index contributed by atoms with van der Waals surface area (Å²) in [6.07, 6.45) is -0.305. The molecule has 0 bridgehead atoms. The molecule has 0 radical (unpaired) electrons. The van der Waals surface area contributed by atoms with Crippen molar-refractivity contribution in [2.75, 3.05) is 11.9 Å². The maximum absolute atomic E-state index is 11.5. The van der Waals surface area contributed by atoms with Crippen molar-refractivity contribution in [3.63, 3.8) is 0 Å².